The van der Waals surface area contributed by atoms with Crippen LogP contribution in [0.15, 0.2) is 12.3 Å². The molecule has 2 atom stereocenters. The van der Waals surface area contributed by atoms with Crippen LogP contribution in [0.3, 0.4) is 0 Å². The minimum absolute atomic E-state index is 0.0739. The van der Waals surface area contributed by atoms with E-state index in [9.17, 15) is 0 Å². The van der Waals surface area contributed by atoms with Crippen LogP contribution >= 0.6 is 0 Å². The molecular weight excluding hydrogens is 210 g/mol. The van der Waals surface area contributed by atoms with E-state index in [2.05, 4.69) is 31.9 Å². The fraction of sp³-hybridized carbons (Fsp3) is 0.786. The molecule has 0 bridgehead atoms. The van der Waals surface area contributed by atoms with E-state index in [1.165, 1.54) is 6.42 Å². The van der Waals surface area contributed by atoms with Gasteiger partial charge in [-0.25, -0.2) is 0 Å². The minimum atomic E-state index is -0.0739. The van der Waals surface area contributed by atoms with Gasteiger partial charge in [0.1, 0.15) is 0 Å². The zero-order valence-electron chi connectivity index (χ0n) is 11.5. The quantitative estimate of drug-likeness (QED) is 0.856. The Hall–Kier alpha value is -0.830. The van der Waals surface area contributed by atoms with E-state index in [-0.39, 0.29) is 5.54 Å². The van der Waals surface area contributed by atoms with Crippen molar-refractivity contribution >= 4 is 0 Å². The van der Waals surface area contributed by atoms with E-state index in [0.717, 1.165) is 25.0 Å². The first-order valence-corrected chi connectivity index (χ1v) is 6.55. The van der Waals surface area contributed by atoms with Gasteiger partial charge in [0, 0.05) is 25.2 Å². The molecule has 2 N–H and O–H groups in total. The molecular formula is C14H25N3. The highest BCUT2D eigenvalue weighted by Gasteiger charge is 2.40. The van der Waals surface area contributed by atoms with Crippen LogP contribution in [0.25, 0.3) is 0 Å². The van der Waals surface area contributed by atoms with E-state index in [1.807, 2.05) is 17.9 Å². The van der Waals surface area contributed by atoms with Crippen LogP contribution < -0.4 is 5.73 Å². The molecule has 1 fully saturated rings. The molecule has 1 heterocycles. The largest absolute Gasteiger partial charge is 0.325 e. The number of hydrogen-bond acceptors (Lipinski definition) is 2. The van der Waals surface area contributed by atoms with Gasteiger partial charge in [-0.2, -0.15) is 5.10 Å². The minimum Gasteiger partial charge on any atom is -0.325 e. The van der Waals surface area contributed by atoms with Crippen LogP contribution in [0.5, 0.6) is 0 Å². The topological polar surface area (TPSA) is 43.8 Å². The molecule has 17 heavy (non-hydrogen) atoms. The van der Waals surface area contributed by atoms with Crippen molar-refractivity contribution in [3.05, 3.63) is 18.0 Å². The average Bonchev–Trinajstić information content (AvgIpc) is 2.44. The monoisotopic (exact) mass is 235 g/mol. The fourth-order valence-corrected chi connectivity index (χ4v) is 3.86. The highest BCUT2D eigenvalue weighted by molar-refractivity contribution is 5.08. The van der Waals surface area contributed by atoms with E-state index in [4.69, 9.17) is 5.73 Å². The third kappa shape index (κ3) is 3.09. The molecule has 1 aliphatic rings. The van der Waals surface area contributed by atoms with Gasteiger partial charge in [0.05, 0.1) is 5.69 Å². The highest BCUT2D eigenvalue weighted by Crippen LogP contribution is 2.43. The van der Waals surface area contributed by atoms with Crippen molar-refractivity contribution in [2.75, 3.05) is 0 Å². The summed E-state index contributed by atoms with van der Waals surface area (Å²) in [5, 5.41) is 4.46. The average molecular weight is 235 g/mol. The predicted molar refractivity (Wildman–Crippen MR) is 70.6 cm³/mol. The zero-order valence-corrected chi connectivity index (χ0v) is 11.5. The summed E-state index contributed by atoms with van der Waals surface area (Å²) >= 11 is 0. The Bertz CT molecular complexity index is 394. The van der Waals surface area contributed by atoms with Crippen molar-refractivity contribution in [2.45, 2.75) is 52.0 Å². The number of rotatable bonds is 2. The SMILES string of the molecule is CC1CC(C)(C)CC(N)(Cc2ccn(C)n2)C1. The summed E-state index contributed by atoms with van der Waals surface area (Å²) in [7, 11) is 1.96. The van der Waals surface area contributed by atoms with Gasteiger partial charge in [-0.1, -0.05) is 20.8 Å². The molecule has 2 rings (SSSR count). The van der Waals surface area contributed by atoms with Crippen molar-refractivity contribution in [1.82, 2.24) is 9.78 Å². The maximum absolute atomic E-state index is 6.62. The van der Waals surface area contributed by atoms with Crippen molar-refractivity contribution in [3.63, 3.8) is 0 Å². The van der Waals surface area contributed by atoms with Crippen molar-refractivity contribution in [2.24, 2.45) is 24.1 Å². The number of hydrogen-bond donors (Lipinski definition) is 1. The molecule has 0 radical (unpaired) electrons. The van der Waals surface area contributed by atoms with Gasteiger partial charge >= 0.3 is 0 Å². The van der Waals surface area contributed by atoms with Crippen molar-refractivity contribution in [1.29, 1.82) is 0 Å². The first-order valence-electron chi connectivity index (χ1n) is 6.55. The second-order valence-corrected chi connectivity index (χ2v) is 6.87. The molecule has 3 nitrogen and oxygen atoms in total. The number of nitrogens with two attached hydrogens (primary N) is 1. The molecule has 1 aromatic heterocycles. The van der Waals surface area contributed by atoms with Gasteiger partial charge in [0.2, 0.25) is 0 Å². The summed E-state index contributed by atoms with van der Waals surface area (Å²) in [6.07, 6.45) is 6.40. The van der Waals surface area contributed by atoms with Gasteiger partial charge < -0.3 is 5.73 Å². The number of nitrogens with zero attached hydrogens (tertiary/aromatic N) is 2. The van der Waals surface area contributed by atoms with Crippen LogP contribution in [0.2, 0.25) is 0 Å². The normalized spacial score (nSPS) is 32.6. The van der Waals surface area contributed by atoms with E-state index in [0.29, 0.717) is 11.3 Å². The van der Waals surface area contributed by atoms with Crippen LogP contribution in [-0.4, -0.2) is 15.3 Å². The summed E-state index contributed by atoms with van der Waals surface area (Å²) in [6, 6.07) is 2.08. The molecule has 1 saturated carbocycles. The van der Waals surface area contributed by atoms with Crippen molar-refractivity contribution in [3.8, 4) is 0 Å². The van der Waals surface area contributed by atoms with Crippen LogP contribution in [0, 0.1) is 11.3 Å². The molecule has 0 aromatic carbocycles. The van der Waals surface area contributed by atoms with Crippen LogP contribution in [-0.2, 0) is 13.5 Å². The standard InChI is InChI=1S/C14H25N3/c1-11-7-13(2,3)10-14(15,8-11)9-12-5-6-17(4)16-12/h5-6,11H,7-10,15H2,1-4H3. The first-order chi connectivity index (χ1) is 7.78. The zero-order chi connectivity index (χ0) is 12.7. The van der Waals surface area contributed by atoms with Gasteiger partial charge in [-0.3, -0.25) is 4.68 Å². The van der Waals surface area contributed by atoms with E-state index >= 15 is 0 Å². The second-order valence-electron chi connectivity index (χ2n) is 6.87. The second kappa shape index (κ2) is 4.13. The summed E-state index contributed by atoms with van der Waals surface area (Å²) < 4.78 is 1.86. The summed E-state index contributed by atoms with van der Waals surface area (Å²) in [5.41, 5.74) is 8.03. The van der Waals surface area contributed by atoms with Gasteiger partial charge in [-0.15, -0.1) is 0 Å². The van der Waals surface area contributed by atoms with Gasteiger partial charge in [0.25, 0.3) is 0 Å². The van der Waals surface area contributed by atoms with Gasteiger partial charge in [-0.05, 0) is 36.7 Å². The molecule has 96 valence electrons. The fourth-order valence-electron chi connectivity index (χ4n) is 3.86. The van der Waals surface area contributed by atoms with Gasteiger partial charge in [0.15, 0.2) is 0 Å². The third-order valence-electron chi connectivity index (χ3n) is 3.79. The van der Waals surface area contributed by atoms with E-state index in [1.54, 1.807) is 0 Å². The van der Waals surface area contributed by atoms with Crippen LogP contribution in [0.1, 0.15) is 45.7 Å². The lowest BCUT2D eigenvalue weighted by Gasteiger charge is -2.45. The van der Waals surface area contributed by atoms with Crippen LogP contribution in [0.4, 0.5) is 0 Å². The number of aryl methyl sites for hydroxylation is 1. The molecule has 1 aliphatic carbocycles. The third-order valence-corrected chi connectivity index (χ3v) is 3.79. The molecule has 3 heteroatoms. The summed E-state index contributed by atoms with van der Waals surface area (Å²) in [4.78, 5) is 0. The molecule has 1 aromatic rings. The Labute approximate surface area is 104 Å². The highest BCUT2D eigenvalue weighted by atomic mass is 15.2. The Balaban J connectivity index is 2.12. The Morgan fingerprint density at radius 1 is 1.47 bits per heavy atom. The molecule has 0 saturated heterocycles. The predicted octanol–water partition coefficient (Wildman–Crippen LogP) is 2.51. The smallest absolute Gasteiger partial charge is 0.0642 e. The maximum Gasteiger partial charge on any atom is 0.0642 e. The van der Waals surface area contributed by atoms with E-state index < -0.39 is 0 Å². The Morgan fingerprint density at radius 3 is 2.71 bits per heavy atom. The Morgan fingerprint density at radius 2 is 2.18 bits per heavy atom. The molecule has 0 aliphatic heterocycles. The lowest BCUT2D eigenvalue weighted by Crippen LogP contribution is -2.50. The lowest BCUT2D eigenvalue weighted by atomic mass is 9.63. The maximum atomic E-state index is 6.62. The number of aromatic nitrogens is 2. The Kier molecular flexibility index (Phi) is 3.06. The first kappa shape index (κ1) is 12.6. The summed E-state index contributed by atoms with van der Waals surface area (Å²) in [5.74, 6) is 0.715. The molecule has 0 amide bonds. The molecule has 0 spiro atoms. The molecule has 2 unspecified atom stereocenters. The summed E-state index contributed by atoms with van der Waals surface area (Å²) in [6.45, 7) is 6.99. The lowest BCUT2D eigenvalue weighted by molar-refractivity contribution is 0.107. The van der Waals surface area contributed by atoms with Crippen molar-refractivity contribution < 1.29 is 0 Å².